The number of carbonyl (C=O) groups is 1. The van der Waals surface area contributed by atoms with Gasteiger partial charge < -0.3 is 10.4 Å². The predicted molar refractivity (Wildman–Crippen MR) is 125 cm³/mol. The van der Waals surface area contributed by atoms with Crippen LogP contribution < -0.4 is 5.32 Å². The summed E-state index contributed by atoms with van der Waals surface area (Å²) in [5.74, 6) is -1.20. The summed E-state index contributed by atoms with van der Waals surface area (Å²) >= 11 is 1.27. The number of rotatable bonds is 8. The van der Waals surface area contributed by atoms with Crippen molar-refractivity contribution in [2.24, 2.45) is 0 Å². The van der Waals surface area contributed by atoms with Crippen LogP contribution in [0.4, 0.5) is 5.69 Å². The molecule has 0 aliphatic rings. The van der Waals surface area contributed by atoms with Gasteiger partial charge in [0, 0.05) is 23.8 Å². The number of nitrogens with zero attached hydrogens (tertiary/aromatic N) is 1. The van der Waals surface area contributed by atoms with Crippen molar-refractivity contribution >= 4 is 33.4 Å². The SMILES string of the molecule is O=C(O)c1cc(NCc2ccccc2)c(Sc2ccccc2)c(S(=O)(=O)n2cccc2)c1. The minimum Gasteiger partial charge on any atom is -0.478 e. The van der Waals surface area contributed by atoms with Gasteiger partial charge in [0.05, 0.1) is 16.1 Å². The quantitative estimate of drug-likeness (QED) is 0.373. The molecule has 0 aliphatic carbocycles. The van der Waals surface area contributed by atoms with Gasteiger partial charge in [0.15, 0.2) is 0 Å². The van der Waals surface area contributed by atoms with Crippen LogP contribution in [0.2, 0.25) is 0 Å². The molecule has 0 aliphatic heterocycles. The van der Waals surface area contributed by atoms with Gasteiger partial charge in [-0.2, -0.15) is 0 Å². The van der Waals surface area contributed by atoms with Crippen molar-refractivity contribution in [3.63, 3.8) is 0 Å². The van der Waals surface area contributed by atoms with E-state index < -0.39 is 16.0 Å². The van der Waals surface area contributed by atoms with Crippen molar-refractivity contribution in [1.82, 2.24) is 3.97 Å². The van der Waals surface area contributed by atoms with Crippen LogP contribution in [0.1, 0.15) is 15.9 Å². The lowest BCUT2D eigenvalue weighted by molar-refractivity contribution is 0.0696. The van der Waals surface area contributed by atoms with Crippen LogP contribution in [-0.4, -0.2) is 23.5 Å². The highest BCUT2D eigenvalue weighted by molar-refractivity contribution is 8.00. The Kier molecular flexibility index (Phi) is 6.34. The molecule has 0 unspecified atom stereocenters. The molecule has 3 aromatic carbocycles. The molecule has 1 heterocycles. The van der Waals surface area contributed by atoms with Gasteiger partial charge in [-0.05, 0) is 42.0 Å². The molecule has 8 heteroatoms. The first kappa shape index (κ1) is 21.7. The molecular weight excluding hydrogens is 444 g/mol. The van der Waals surface area contributed by atoms with Crippen molar-refractivity contribution in [1.29, 1.82) is 0 Å². The average molecular weight is 465 g/mol. The monoisotopic (exact) mass is 464 g/mol. The minimum atomic E-state index is -4.02. The second-order valence-electron chi connectivity index (χ2n) is 6.93. The van der Waals surface area contributed by atoms with Crippen molar-refractivity contribution in [2.45, 2.75) is 21.2 Å². The molecule has 2 N–H and O–H groups in total. The molecule has 1 aromatic heterocycles. The molecule has 0 fully saturated rings. The lowest BCUT2D eigenvalue weighted by atomic mass is 10.2. The number of aromatic carboxylic acids is 1. The minimum absolute atomic E-state index is 0.0713. The van der Waals surface area contributed by atoms with Crippen molar-refractivity contribution in [2.75, 3.05) is 5.32 Å². The third-order valence-electron chi connectivity index (χ3n) is 4.72. The van der Waals surface area contributed by atoms with Crippen LogP contribution in [0.3, 0.4) is 0 Å². The normalized spacial score (nSPS) is 11.2. The standard InChI is InChI=1S/C24H20N2O4S2/c27-24(28)19-15-21(25-17-18-9-3-1-4-10-18)23(31-20-11-5-2-6-12-20)22(16-19)32(29,30)26-13-7-8-14-26/h1-16,25H,17H2,(H,27,28). The predicted octanol–water partition coefficient (Wildman–Crippen LogP) is 5.19. The molecule has 32 heavy (non-hydrogen) atoms. The Morgan fingerprint density at radius 1 is 0.906 bits per heavy atom. The second-order valence-corrected chi connectivity index (χ2v) is 9.82. The topological polar surface area (TPSA) is 88.4 Å². The van der Waals surface area contributed by atoms with Gasteiger partial charge in [-0.15, -0.1) is 0 Å². The molecule has 0 saturated carbocycles. The van der Waals surface area contributed by atoms with E-state index in [1.165, 1.54) is 36.3 Å². The summed E-state index contributed by atoms with van der Waals surface area (Å²) in [5.41, 5.74) is 1.32. The summed E-state index contributed by atoms with van der Waals surface area (Å²) in [6, 6.07) is 24.9. The van der Waals surface area contributed by atoms with Crippen LogP contribution in [-0.2, 0) is 16.6 Å². The van der Waals surface area contributed by atoms with Gasteiger partial charge in [0.2, 0.25) is 0 Å². The molecule has 0 saturated heterocycles. The van der Waals surface area contributed by atoms with Gasteiger partial charge in [-0.25, -0.2) is 17.2 Å². The highest BCUT2D eigenvalue weighted by atomic mass is 32.2. The third-order valence-corrected chi connectivity index (χ3v) is 7.68. The smallest absolute Gasteiger partial charge is 0.335 e. The molecule has 0 atom stereocenters. The summed E-state index contributed by atoms with van der Waals surface area (Å²) in [6.07, 6.45) is 2.85. The van der Waals surface area contributed by atoms with Crippen LogP contribution in [0.25, 0.3) is 0 Å². The highest BCUT2D eigenvalue weighted by Crippen LogP contribution is 2.40. The number of nitrogens with one attached hydrogen (secondary N) is 1. The number of aromatic nitrogens is 1. The van der Waals surface area contributed by atoms with Gasteiger partial charge in [0.1, 0.15) is 4.90 Å². The van der Waals surface area contributed by atoms with E-state index in [4.69, 9.17) is 0 Å². The molecule has 4 aromatic rings. The number of benzene rings is 3. The van der Waals surface area contributed by atoms with E-state index in [1.54, 1.807) is 12.1 Å². The maximum absolute atomic E-state index is 13.4. The van der Waals surface area contributed by atoms with Gasteiger partial charge in [-0.3, -0.25) is 0 Å². The van der Waals surface area contributed by atoms with Crippen molar-refractivity contribution in [3.8, 4) is 0 Å². The largest absolute Gasteiger partial charge is 0.478 e. The molecule has 0 bridgehead atoms. The maximum atomic E-state index is 13.4. The van der Waals surface area contributed by atoms with E-state index in [9.17, 15) is 18.3 Å². The van der Waals surface area contributed by atoms with E-state index in [0.717, 1.165) is 14.4 Å². The first-order chi connectivity index (χ1) is 15.4. The fourth-order valence-electron chi connectivity index (χ4n) is 3.15. The number of hydrogen-bond donors (Lipinski definition) is 2. The zero-order valence-corrected chi connectivity index (χ0v) is 18.5. The third kappa shape index (κ3) is 4.71. The van der Waals surface area contributed by atoms with Crippen LogP contribution in [0.5, 0.6) is 0 Å². The average Bonchev–Trinajstić information content (AvgIpc) is 3.35. The molecular formula is C24H20N2O4S2. The summed E-state index contributed by atoms with van der Waals surface area (Å²) < 4.78 is 28.0. The van der Waals surface area contributed by atoms with Crippen molar-refractivity contribution in [3.05, 3.63) is 108 Å². The highest BCUT2D eigenvalue weighted by Gasteiger charge is 2.26. The summed E-state index contributed by atoms with van der Waals surface area (Å²) in [6.45, 7) is 0.412. The maximum Gasteiger partial charge on any atom is 0.335 e. The molecule has 0 spiro atoms. The van der Waals surface area contributed by atoms with E-state index in [0.29, 0.717) is 17.1 Å². The Morgan fingerprint density at radius 2 is 1.53 bits per heavy atom. The lowest BCUT2D eigenvalue weighted by Gasteiger charge is -2.18. The van der Waals surface area contributed by atoms with E-state index >= 15 is 0 Å². The Morgan fingerprint density at radius 3 is 2.16 bits per heavy atom. The van der Waals surface area contributed by atoms with E-state index in [1.807, 2.05) is 60.7 Å². The van der Waals surface area contributed by atoms with Gasteiger partial charge in [-0.1, -0.05) is 60.3 Å². The summed E-state index contributed by atoms with van der Waals surface area (Å²) in [5, 5.41) is 12.9. The van der Waals surface area contributed by atoms with Crippen LogP contribution >= 0.6 is 11.8 Å². The molecule has 4 rings (SSSR count). The zero-order chi connectivity index (χ0) is 22.6. The van der Waals surface area contributed by atoms with Crippen molar-refractivity contribution < 1.29 is 18.3 Å². The number of carboxylic acids is 1. The van der Waals surface area contributed by atoms with Gasteiger partial charge in [0.25, 0.3) is 10.0 Å². The van der Waals surface area contributed by atoms with Crippen LogP contribution in [0, 0.1) is 0 Å². The zero-order valence-electron chi connectivity index (χ0n) is 16.9. The van der Waals surface area contributed by atoms with Gasteiger partial charge >= 0.3 is 5.97 Å². The molecule has 162 valence electrons. The number of hydrogen-bond acceptors (Lipinski definition) is 5. The Bertz CT molecular complexity index is 1320. The number of anilines is 1. The fourth-order valence-corrected chi connectivity index (χ4v) is 5.82. The Balaban J connectivity index is 1.87. The Hall–Kier alpha value is -3.49. The second kappa shape index (κ2) is 9.33. The summed E-state index contributed by atoms with van der Waals surface area (Å²) in [4.78, 5) is 13.0. The Labute approximate surface area is 190 Å². The molecule has 0 radical (unpaired) electrons. The number of carboxylic acid groups (broad SMARTS) is 1. The lowest BCUT2D eigenvalue weighted by Crippen LogP contribution is -2.15. The van der Waals surface area contributed by atoms with E-state index in [2.05, 4.69) is 5.32 Å². The van der Waals surface area contributed by atoms with Crippen LogP contribution in [0.15, 0.2) is 112 Å². The molecule has 6 nitrogen and oxygen atoms in total. The van der Waals surface area contributed by atoms with E-state index in [-0.39, 0.29) is 10.5 Å². The summed E-state index contributed by atoms with van der Waals surface area (Å²) in [7, 11) is -4.02. The fraction of sp³-hybridized carbons (Fsp3) is 0.0417. The first-order valence-corrected chi connectivity index (χ1v) is 12.0. The molecule has 0 amide bonds. The first-order valence-electron chi connectivity index (χ1n) is 9.76.